The van der Waals surface area contributed by atoms with Gasteiger partial charge in [0.2, 0.25) is 0 Å². The first-order valence-corrected chi connectivity index (χ1v) is 10.3. The van der Waals surface area contributed by atoms with Crippen molar-refractivity contribution < 1.29 is 20.1 Å². The third-order valence-electron chi connectivity index (χ3n) is 9.13. The summed E-state index contributed by atoms with van der Waals surface area (Å²) in [6, 6.07) is 0. The summed E-state index contributed by atoms with van der Waals surface area (Å²) in [6.45, 7) is 6.35. The smallest absolute Gasteiger partial charge is 0.139 e. The molecule has 4 rings (SSSR count). The van der Waals surface area contributed by atoms with Crippen molar-refractivity contribution in [1.82, 2.24) is 0 Å². The van der Waals surface area contributed by atoms with Gasteiger partial charge in [-0.25, -0.2) is 0 Å². The van der Waals surface area contributed by atoms with E-state index in [2.05, 4.69) is 13.8 Å². The van der Waals surface area contributed by atoms with E-state index in [0.717, 1.165) is 32.1 Å². The lowest BCUT2D eigenvalue weighted by atomic mass is 9.44. The van der Waals surface area contributed by atoms with Crippen LogP contribution in [0, 0.1) is 40.4 Å². The summed E-state index contributed by atoms with van der Waals surface area (Å²) >= 11 is 0. The Morgan fingerprint density at radius 2 is 1.64 bits per heavy atom. The Hall–Kier alpha value is -0.450. The fraction of sp³-hybridized carbons (Fsp3) is 0.952. The van der Waals surface area contributed by atoms with Crippen LogP contribution in [0.15, 0.2) is 0 Å². The summed E-state index contributed by atoms with van der Waals surface area (Å²) in [5, 5.41) is 31.0. The van der Waals surface area contributed by atoms with Gasteiger partial charge in [0.15, 0.2) is 0 Å². The molecule has 0 unspecified atom stereocenters. The molecule has 0 amide bonds. The van der Waals surface area contributed by atoms with E-state index in [0.29, 0.717) is 30.6 Å². The van der Waals surface area contributed by atoms with Crippen LogP contribution in [0.4, 0.5) is 0 Å². The Bertz CT molecular complexity index is 560. The van der Waals surface area contributed by atoms with E-state index in [1.807, 2.05) is 0 Å². The van der Waals surface area contributed by atoms with Gasteiger partial charge in [0.05, 0.1) is 18.3 Å². The molecule has 25 heavy (non-hydrogen) atoms. The van der Waals surface area contributed by atoms with Crippen molar-refractivity contribution >= 4 is 5.78 Å². The van der Waals surface area contributed by atoms with E-state index in [9.17, 15) is 20.1 Å². The normalized spacial score (nSPS) is 56.7. The Morgan fingerprint density at radius 3 is 2.32 bits per heavy atom. The van der Waals surface area contributed by atoms with Crippen molar-refractivity contribution in [2.45, 2.75) is 84.0 Å². The molecule has 0 radical (unpaired) electrons. The number of aliphatic hydroxyl groups excluding tert-OH is 3. The predicted molar refractivity (Wildman–Crippen MR) is 94.7 cm³/mol. The minimum absolute atomic E-state index is 0.0671. The molecule has 0 heterocycles. The molecular formula is C21H34O4. The quantitative estimate of drug-likeness (QED) is 0.679. The van der Waals surface area contributed by atoms with Gasteiger partial charge in [-0.2, -0.15) is 0 Å². The highest BCUT2D eigenvalue weighted by atomic mass is 16.3. The Labute approximate surface area is 151 Å². The van der Waals surface area contributed by atoms with Crippen LogP contribution < -0.4 is 0 Å². The van der Waals surface area contributed by atoms with Gasteiger partial charge in [0.1, 0.15) is 5.78 Å². The molecule has 4 aliphatic rings. The van der Waals surface area contributed by atoms with Gasteiger partial charge in [-0.15, -0.1) is 0 Å². The first-order valence-electron chi connectivity index (χ1n) is 10.3. The number of rotatable bonds is 1. The summed E-state index contributed by atoms with van der Waals surface area (Å²) in [7, 11) is 0. The molecule has 0 spiro atoms. The second-order valence-corrected chi connectivity index (χ2v) is 10.1. The molecule has 10 atom stereocenters. The third kappa shape index (κ3) is 2.33. The lowest BCUT2D eigenvalue weighted by Gasteiger charge is -2.61. The number of hydrogen-bond acceptors (Lipinski definition) is 4. The Morgan fingerprint density at radius 1 is 0.960 bits per heavy atom. The van der Waals surface area contributed by atoms with Crippen LogP contribution in [0.25, 0.3) is 0 Å². The SMILES string of the molecule is C[C@@H](O)[C@H]1C(=O)C[C@H]2[C@@H]3CC[C@H]4[C@H](O)[C@@H](O)CC[C@]4(C)[C@H]3CC[C@]12C. The summed E-state index contributed by atoms with van der Waals surface area (Å²) in [5.74, 6) is 1.67. The van der Waals surface area contributed by atoms with Crippen molar-refractivity contribution in [1.29, 1.82) is 0 Å². The molecule has 4 nitrogen and oxygen atoms in total. The van der Waals surface area contributed by atoms with Crippen LogP contribution in [0.2, 0.25) is 0 Å². The maximum atomic E-state index is 12.7. The number of carbonyl (C=O) groups is 1. The lowest BCUT2D eigenvalue weighted by Crippen LogP contribution is -2.58. The first-order chi connectivity index (χ1) is 11.7. The topological polar surface area (TPSA) is 77.8 Å². The van der Waals surface area contributed by atoms with Crippen molar-refractivity contribution in [2.75, 3.05) is 0 Å². The highest BCUT2D eigenvalue weighted by molar-refractivity contribution is 5.85. The maximum absolute atomic E-state index is 12.7. The molecule has 0 aliphatic heterocycles. The molecule has 4 fully saturated rings. The maximum Gasteiger partial charge on any atom is 0.139 e. The van der Waals surface area contributed by atoms with Gasteiger partial charge in [-0.1, -0.05) is 13.8 Å². The summed E-state index contributed by atoms with van der Waals surface area (Å²) < 4.78 is 0. The first kappa shape index (κ1) is 17.9. The number of hydrogen-bond donors (Lipinski definition) is 3. The van der Waals surface area contributed by atoms with Crippen LogP contribution in [0.1, 0.15) is 65.7 Å². The van der Waals surface area contributed by atoms with Gasteiger partial charge in [0.25, 0.3) is 0 Å². The fourth-order valence-corrected chi connectivity index (χ4v) is 7.96. The van der Waals surface area contributed by atoms with Gasteiger partial charge in [-0.3, -0.25) is 4.79 Å². The zero-order chi connectivity index (χ0) is 18.1. The van der Waals surface area contributed by atoms with Gasteiger partial charge < -0.3 is 15.3 Å². The van der Waals surface area contributed by atoms with Crippen LogP contribution in [-0.4, -0.2) is 39.4 Å². The molecular weight excluding hydrogens is 316 g/mol. The highest BCUT2D eigenvalue weighted by Crippen LogP contribution is 2.67. The standard InChI is InChI=1S/C21H34O4/c1-11(22)18-17(24)10-15-12-4-5-14-19(25)16(23)7-9-20(14,2)13(12)6-8-21(15,18)3/h11-16,18-19,22-23,25H,4-10H2,1-3H3/t11-,12-,13+,14+,15+,16+,18+,19+,20-,21+/m1/s1. The Balaban J connectivity index is 1.65. The molecule has 142 valence electrons. The second-order valence-electron chi connectivity index (χ2n) is 10.1. The molecule has 4 heteroatoms. The molecule has 0 aromatic rings. The number of aliphatic hydroxyl groups is 3. The average molecular weight is 350 g/mol. The number of ketones is 1. The highest BCUT2D eigenvalue weighted by Gasteiger charge is 2.63. The summed E-state index contributed by atoms with van der Waals surface area (Å²) in [5.41, 5.74) is 0.0112. The van der Waals surface area contributed by atoms with E-state index < -0.39 is 18.3 Å². The molecule has 0 saturated heterocycles. The molecule has 3 N–H and O–H groups in total. The van der Waals surface area contributed by atoms with Crippen molar-refractivity contribution in [3.8, 4) is 0 Å². The van der Waals surface area contributed by atoms with Crippen molar-refractivity contribution in [2.24, 2.45) is 40.4 Å². The molecule has 0 aromatic carbocycles. The lowest BCUT2D eigenvalue weighted by molar-refractivity contribution is -0.175. The van der Waals surface area contributed by atoms with Gasteiger partial charge in [0, 0.05) is 12.3 Å². The average Bonchev–Trinajstić information content (AvgIpc) is 2.81. The van der Waals surface area contributed by atoms with Gasteiger partial charge >= 0.3 is 0 Å². The van der Waals surface area contributed by atoms with Crippen molar-refractivity contribution in [3.63, 3.8) is 0 Å². The van der Waals surface area contributed by atoms with E-state index in [4.69, 9.17) is 0 Å². The van der Waals surface area contributed by atoms with Gasteiger partial charge in [-0.05, 0) is 80.0 Å². The van der Waals surface area contributed by atoms with E-state index >= 15 is 0 Å². The molecule has 0 bridgehead atoms. The second kappa shape index (κ2) is 5.77. The fourth-order valence-electron chi connectivity index (χ4n) is 7.96. The van der Waals surface area contributed by atoms with E-state index in [-0.39, 0.29) is 28.4 Å². The minimum atomic E-state index is -0.594. The van der Waals surface area contributed by atoms with E-state index in [1.165, 1.54) is 0 Å². The zero-order valence-electron chi connectivity index (χ0n) is 15.8. The number of fused-ring (bicyclic) bond motifs is 5. The molecule has 4 saturated carbocycles. The summed E-state index contributed by atoms with van der Waals surface area (Å²) in [6.07, 6.45) is 4.66. The number of Topliss-reactive ketones (excluding diaryl/α,β-unsaturated/α-hetero) is 1. The van der Waals surface area contributed by atoms with Crippen LogP contribution in [0.3, 0.4) is 0 Å². The largest absolute Gasteiger partial charge is 0.393 e. The van der Waals surface area contributed by atoms with Crippen molar-refractivity contribution in [3.05, 3.63) is 0 Å². The summed E-state index contributed by atoms with van der Waals surface area (Å²) in [4.78, 5) is 12.7. The minimum Gasteiger partial charge on any atom is -0.393 e. The third-order valence-corrected chi connectivity index (χ3v) is 9.13. The van der Waals surface area contributed by atoms with E-state index in [1.54, 1.807) is 6.92 Å². The van der Waals surface area contributed by atoms with Crippen LogP contribution in [0.5, 0.6) is 0 Å². The van der Waals surface area contributed by atoms with Crippen LogP contribution >= 0.6 is 0 Å². The van der Waals surface area contributed by atoms with Crippen LogP contribution in [-0.2, 0) is 4.79 Å². The predicted octanol–water partition coefficient (Wildman–Crippen LogP) is 2.54. The zero-order valence-corrected chi connectivity index (χ0v) is 15.8. The number of carbonyl (C=O) groups excluding carboxylic acids is 1. The molecule has 0 aromatic heterocycles. The Kier molecular flexibility index (Phi) is 4.14. The molecule has 4 aliphatic carbocycles. The monoisotopic (exact) mass is 350 g/mol.